The van der Waals surface area contributed by atoms with Crippen LogP contribution in [0.15, 0.2) is 18.3 Å². The van der Waals surface area contributed by atoms with Crippen LogP contribution in [-0.4, -0.2) is 34.7 Å². The summed E-state index contributed by atoms with van der Waals surface area (Å²) in [7, 11) is 2.22. The van der Waals surface area contributed by atoms with Crippen LogP contribution >= 0.6 is 0 Å². The summed E-state index contributed by atoms with van der Waals surface area (Å²) in [6.07, 6.45) is 3.10. The molecule has 15 heavy (non-hydrogen) atoms. The van der Waals surface area contributed by atoms with E-state index in [1.54, 1.807) is 21.3 Å². The summed E-state index contributed by atoms with van der Waals surface area (Å²) < 4.78 is 18.5. The molecule has 1 rings (SSSR count). The predicted molar refractivity (Wildman–Crippen MR) is 61.1 cm³/mol. The highest BCUT2D eigenvalue weighted by molar-refractivity contribution is 6.74. The number of hydrogen-bond acceptors (Lipinski definition) is 3. The van der Waals surface area contributed by atoms with E-state index in [-0.39, 0.29) is 0 Å². The summed E-state index contributed by atoms with van der Waals surface area (Å²) in [5.41, 5.74) is 0. The lowest BCUT2D eigenvalue weighted by Crippen LogP contribution is -2.57. The first-order chi connectivity index (χ1) is 7.24. The zero-order chi connectivity index (χ0) is 11.3. The number of rotatable bonds is 6. The van der Waals surface area contributed by atoms with Gasteiger partial charge in [0.2, 0.25) is 0 Å². The Bertz CT molecular complexity index is 288. The zero-order valence-electron chi connectivity index (χ0n) is 9.82. The summed E-state index contributed by atoms with van der Waals surface area (Å²) in [6.45, 7) is 3.09. The molecule has 0 aliphatic rings. The van der Waals surface area contributed by atoms with Crippen molar-refractivity contribution in [1.82, 2.24) is 4.57 Å². The minimum absolute atomic E-state index is 0.952. The Morgan fingerprint density at radius 2 is 1.80 bits per heavy atom. The molecule has 0 aliphatic heterocycles. The van der Waals surface area contributed by atoms with Crippen LogP contribution in [0.5, 0.6) is 0 Å². The molecule has 5 heteroatoms. The smallest absolute Gasteiger partial charge is 0.373 e. The van der Waals surface area contributed by atoms with Crippen molar-refractivity contribution >= 4 is 14.1 Å². The van der Waals surface area contributed by atoms with Crippen LogP contribution < -0.4 is 5.32 Å². The van der Waals surface area contributed by atoms with Crippen LogP contribution in [-0.2, 0) is 19.8 Å². The fourth-order valence-electron chi connectivity index (χ4n) is 1.69. The topological polar surface area (TPSA) is 32.6 Å². The molecule has 0 atom stereocenters. The molecule has 0 spiro atoms. The third-order valence-electron chi connectivity index (χ3n) is 2.41. The van der Waals surface area contributed by atoms with Crippen molar-refractivity contribution in [1.29, 1.82) is 0 Å². The van der Waals surface area contributed by atoms with Gasteiger partial charge in [0, 0.05) is 34.1 Å². The highest BCUT2D eigenvalue weighted by Gasteiger charge is 2.43. The maximum absolute atomic E-state index is 5.44. The van der Waals surface area contributed by atoms with Crippen LogP contribution in [0.1, 0.15) is 13.3 Å². The molecule has 0 fully saturated rings. The van der Waals surface area contributed by atoms with E-state index >= 15 is 0 Å². The van der Waals surface area contributed by atoms with Crippen molar-refractivity contribution in [2.75, 3.05) is 21.3 Å². The first-order valence-corrected chi connectivity index (χ1v) is 6.77. The quantitative estimate of drug-likeness (QED) is 0.682. The molecule has 0 bridgehead atoms. The lowest BCUT2D eigenvalue weighted by atomic mass is 10.5. The van der Waals surface area contributed by atoms with E-state index in [1.807, 2.05) is 18.3 Å². The Morgan fingerprint density at radius 1 is 1.20 bits per heavy atom. The van der Waals surface area contributed by atoms with Crippen molar-refractivity contribution in [3.05, 3.63) is 18.3 Å². The van der Waals surface area contributed by atoms with Crippen molar-refractivity contribution in [2.24, 2.45) is 0 Å². The molecule has 0 aliphatic carbocycles. The van der Waals surface area contributed by atoms with Gasteiger partial charge in [0.05, 0.1) is 5.32 Å². The standard InChI is InChI=1S/C10H19NO3Si/c1-5-8-11-9-6-7-10(11)15(12-2,13-3)14-4/h6-7,9H,5,8H2,1-4H3. The van der Waals surface area contributed by atoms with Gasteiger partial charge in [0.15, 0.2) is 0 Å². The molecular weight excluding hydrogens is 210 g/mol. The molecule has 0 amide bonds. The van der Waals surface area contributed by atoms with Crippen LogP contribution in [0.4, 0.5) is 0 Å². The molecular formula is C10H19NO3Si. The van der Waals surface area contributed by atoms with Crippen LogP contribution in [0, 0.1) is 0 Å². The molecule has 0 radical (unpaired) electrons. The fraction of sp³-hybridized carbons (Fsp3) is 0.600. The average molecular weight is 229 g/mol. The minimum Gasteiger partial charge on any atom is -0.373 e. The second kappa shape index (κ2) is 5.46. The summed E-state index contributed by atoms with van der Waals surface area (Å²) in [4.78, 5) is 0. The van der Waals surface area contributed by atoms with Gasteiger partial charge in [0.25, 0.3) is 0 Å². The Kier molecular flexibility index (Phi) is 4.53. The molecule has 1 heterocycles. The summed E-state index contributed by atoms with van der Waals surface area (Å²) >= 11 is 0. The SMILES string of the molecule is CCCn1cccc1[Si](OC)(OC)OC. The normalized spacial score (nSPS) is 12.0. The van der Waals surface area contributed by atoms with Crippen molar-refractivity contribution in [2.45, 2.75) is 19.9 Å². The molecule has 0 aromatic carbocycles. The van der Waals surface area contributed by atoms with Gasteiger partial charge in [-0.15, -0.1) is 0 Å². The van der Waals surface area contributed by atoms with E-state index in [2.05, 4.69) is 11.5 Å². The second-order valence-electron chi connectivity index (χ2n) is 3.26. The predicted octanol–water partition coefficient (Wildman–Crippen LogP) is 0.983. The highest BCUT2D eigenvalue weighted by Crippen LogP contribution is 2.08. The van der Waals surface area contributed by atoms with Crippen LogP contribution in [0.2, 0.25) is 0 Å². The van der Waals surface area contributed by atoms with Crippen molar-refractivity contribution in [3.63, 3.8) is 0 Å². The average Bonchev–Trinajstić information content (AvgIpc) is 2.71. The summed E-state index contributed by atoms with van der Waals surface area (Å²) in [6, 6.07) is 3.99. The zero-order valence-corrected chi connectivity index (χ0v) is 10.8. The lowest BCUT2D eigenvalue weighted by molar-refractivity contribution is 0.138. The molecule has 86 valence electrons. The highest BCUT2D eigenvalue weighted by atomic mass is 28.4. The number of aromatic nitrogens is 1. The Morgan fingerprint density at radius 3 is 2.27 bits per heavy atom. The Balaban J connectivity index is 3.04. The van der Waals surface area contributed by atoms with E-state index < -0.39 is 8.80 Å². The molecule has 0 N–H and O–H groups in total. The molecule has 1 aromatic rings. The van der Waals surface area contributed by atoms with Gasteiger partial charge in [0.1, 0.15) is 0 Å². The lowest BCUT2D eigenvalue weighted by Gasteiger charge is -2.25. The molecule has 0 unspecified atom stereocenters. The molecule has 0 saturated carbocycles. The van der Waals surface area contributed by atoms with E-state index in [0.717, 1.165) is 18.3 Å². The van der Waals surface area contributed by atoms with Gasteiger partial charge in [-0.3, -0.25) is 0 Å². The first-order valence-electron chi connectivity index (χ1n) is 5.05. The van der Waals surface area contributed by atoms with Gasteiger partial charge in [-0.1, -0.05) is 6.92 Å². The second-order valence-corrected chi connectivity index (χ2v) is 6.10. The summed E-state index contributed by atoms with van der Waals surface area (Å²) in [5.74, 6) is 0. The van der Waals surface area contributed by atoms with E-state index in [0.29, 0.717) is 0 Å². The number of hydrogen-bond donors (Lipinski definition) is 0. The molecule has 4 nitrogen and oxygen atoms in total. The largest absolute Gasteiger partial charge is 0.553 e. The van der Waals surface area contributed by atoms with E-state index in [9.17, 15) is 0 Å². The first kappa shape index (κ1) is 12.4. The monoisotopic (exact) mass is 229 g/mol. The summed E-state index contributed by atoms with van der Waals surface area (Å²) in [5, 5.41) is 1.01. The molecule has 0 saturated heterocycles. The third-order valence-corrected chi connectivity index (χ3v) is 5.11. The Hall–Kier alpha value is -0.623. The van der Waals surface area contributed by atoms with Crippen LogP contribution in [0.3, 0.4) is 0 Å². The Labute approximate surface area is 92.1 Å². The maximum atomic E-state index is 5.44. The third kappa shape index (κ3) is 2.31. The van der Waals surface area contributed by atoms with Gasteiger partial charge in [-0.05, 0) is 18.6 Å². The van der Waals surface area contributed by atoms with Crippen molar-refractivity contribution in [3.8, 4) is 0 Å². The number of aryl methyl sites for hydroxylation is 1. The van der Waals surface area contributed by atoms with E-state index in [4.69, 9.17) is 13.3 Å². The number of nitrogens with zero attached hydrogens (tertiary/aromatic N) is 1. The fourth-order valence-corrected chi connectivity index (χ4v) is 3.66. The van der Waals surface area contributed by atoms with Gasteiger partial charge < -0.3 is 17.8 Å². The maximum Gasteiger partial charge on any atom is 0.553 e. The molecule has 1 aromatic heterocycles. The van der Waals surface area contributed by atoms with Gasteiger partial charge in [-0.2, -0.15) is 0 Å². The van der Waals surface area contributed by atoms with Gasteiger partial charge >= 0.3 is 8.80 Å². The van der Waals surface area contributed by atoms with Crippen molar-refractivity contribution < 1.29 is 13.3 Å². The van der Waals surface area contributed by atoms with Gasteiger partial charge in [-0.25, -0.2) is 0 Å². The minimum atomic E-state index is -2.66. The van der Waals surface area contributed by atoms with E-state index in [1.165, 1.54) is 0 Å². The van der Waals surface area contributed by atoms with Crippen LogP contribution in [0.25, 0.3) is 0 Å².